The number of fused-ring (bicyclic) bond motifs is 1. The van der Waals surface area contributed by atoms with Crippen molar-refractivity contribution in [2.75, 3.05) is 0 Å². The van der Waals surface area contributed by atoms with E-state index in [4.69, 9.17) is 0 Å². The van der Waals surface area contributed by atoms with E-state index in [0.717, 1.165) is 18.4 Å². The van der Waals surface area contributed by atoms with Gasteiger partial charge in [0.15, 0.2) is 0 Å². The van der Waals surface area contributed by atoms with E-state index in [1.165, 1.54) is 0 Å². The molecule has 6 heteroatoms. The summed E-state index contributed by atoms with van der Waals surface area (Å²) in [6, 6.07) is 1.56. The van der Waals surface area contributed by atoms with Gasteiger partial charge in [-0.1, -0.05) is 27.7 Å². The fourth-order valence-electron chi connectivity index (χ4n) is 3.39. The van der Waals surface area contributed by atoms with Crippen LogP contribution in [0.15, 0.2) is 6.07 Å². The smallest absolute Gasteiger partial charge is 0.258 e. The van der Waals surface area contributed by atoms with Gasteiger partial charge in [-0.3, -0.25) is 20.2 Å². The highest BCUT2D eigenvalue weighted by molar-refractivity contribution is 5.65. The summed E-state index contributed by atoms with van der Waals surface area (Å²) >= 11 is 0. The van der Waals surface area contributed by atoms with Crippen molar-refractivity contribution in [3.8, 4) is 0 Å². The quantitative estimate of drug-likeness (QED) is 0.615. The number of hydrogen-bond acceptors (Lipinski definition) is 4. The molecular weight excluding hydrogens is 272 g/mol. The van der Waals surface area contributed by atoms with Crippen molar-refractivity contribution in [3.63, 3.8) is 0 Å². The van der Waals surface area contributed by atoms with Crippen LogP contribution in [0.3, 0.4) is 0 Å². The highest BCUT2D eigenvalue weighted by Crippen LogP contribution is 2.50. The molecule has 0 bridgehead atoms. The molecule has 1 aliphatic rings. The third kappa shape index (κ3) is 2.39. The predicted octanol–water partition coefficient (Wildman–Crippen LogP) is 4.24. The van der Waals surface area contributed by atoms with E-state index in [0.29, 0.717) is 5.56 Å². The van der Waals surface area contributed by atoms with E-state index >= 15 is 0 Å². The Morgan fingerprint density at radius 3 is 2.38 bits per heavy atom. The van der Waals surface area contributed by atoms with Crippen molar-refractivity contribution in [2.24, 2.45) is 0 Å². The fraction of sp³-hybridized carbons (Fsp3) is 0.600. The summed E-state index contributed by atoms with van der Waals surface area (Å²) in [5, 5.41) is 22.9. The summed E-state index contributed by atoms with van der Waals surface area (Å²) in [6.45, 7) is 7.67. The molecule has 0 spiro atoms. The Labute approximate surface area is 123 Å². The van der Waals surface area contributed by atoms with Gasteiger partial charge in [0.05, 0.1) is 9.85 Å². The first-order valence-electron chi connectivity index (χ1n) is 7.19. The number of hydrogen-bond donors (Lipinski definition) is 0. The second-order valence-corrected chi connectivity index (χ2v) is 6.38. The molecule has 1 aliphatic carbocycles. The highest BCUT2D eigenvalue weighted by Gasteiger charge is 2.41. The van der Waals surface area contributed by atoms with Crippen LogP contribution in [0.25, 0.3) is 0 Å². The van der Waals surface area contributed by atoms with Gasteiger partial charge in [0.25, 0.3) is 11.4 Å². The molecule has 21 heavy (non-hydrogen) atoms. The van der Waals surface area contributed by atoms with Crippen LogP contribution in [0.5, 0.6) is 0 Å². The van der Waals surface area contributed by atoms with E-state index < -0.39 is 9.85 Å². The monoisotopic (exact) mass is 292 g/mol. The Morgan fingerprint density at radius 2 is 1.90 bits per heavy atom. The Morgan fingerprint density at radius 1 is 1.29 bits per heavy atom. The van der Waals surface area contributed by atoms with Crippen molar-refractivity contribution in [1.82, 2.24) is 0 Å². The number of nitro benzene ring substituents is 2. The third-order valence-electron chi connectivity index (χ3n) is 4.56. The first-order valence-corrected chi connectivity index (χ1v) is 7.19. The van der Waals surface area contributed by atoms with Gasteiger partial charge in [0.2, 0.25) is 0 Å². The molecule has 0 aromatic heterocycles. The lowest BCUT2D eigenvalue weighted by molar-refractivity contribution is -0.396. The predicted molar refractivity (Wildman–Crippen MR) is 79.8 cm³/mol. The maximum absolute atomic E-state index is 11.6. The van der Waals surface area contributed by atoms with Gasteiger partial charge in [-0.25, -0.2) is 0 Å². The Bertz CT molecular complexity index is 623. The van der Waals surface area contributed by atoms with Crippen molar-refractivity contribution < 1.29 is 9.85 Å². The zero-order chi connectivity index (χ0) is 15.9. The molecule has 0 fully saturated rings. The fourth-order valence-corrected chi connectivity index (χ4v) is 3.39. The van der Waals surface area contributed by atoms with Gasteiger partial charge in [-0.05, 0) is 36.2 Å². The number of nitro groups is 2. The van der Waals surface area contributed by atoms with Gasteiger partial charge < -0.3 is 0 Å². The lowest BCUT2D eigenvalue weighted by Gasteiger charge is -2.35. The molecule has 6 nitrogen and oxygen atoms in total. The zero-order valence-electron chi connectivity index (χ0n) is 12.8. The van der Waals surface area contributed by atoms with E-state index in [-0.39, 0.29) is 34.7 Å². The molecule has 0 aliphatic heterocycles. The average molecular weight is 292 g/mol. The molecule has 0 radical (unpaired) electrons. The van der Waals surface area contributed by atoms with E-state index in [1.54, 1.807) is 13.0 Å². The molecule has 2 rings (SSSR count). The van der Waals surface area contributed by atoms with E-state index in [2.05, 4.69) is 0 Å². The van der Waals surface area contributed by atoms with Crippen LogP contribution in [0.2, 0.25) is 0 Å². The van der Waals surface area contributed by atoms with Gasteiger partial charge in [0.1, 0.15) is 5.56 Å². The first kappa shape index (κ1) is 15.4. The van der Waals surface area contributed by atoms with Crippen molar-refractivity contribution in [3.05, 3.63) is 43.0 Å². The molecule has 1 atom stereocenters. The number of nitrogens with zero attached hydrogens (tertiary/aromatic N) is 2. The van der Waals surface area contributed by atoms with Crippen LogP contribution >= 0.6 is 0 Å². The summed E-state index contributed by atoms with van der Waals surface area (Å²) in [6.07, 6.45) is 2.02. The molecule has 0 amide bonds. The molecule has 1 aromatic carbocycles. The van der Waals surface area contributed by atoms with Crippen LogP contribution in [0.4, 0.5) is 11.4 Å². The maximum atomic E-state index is 11.6. The van der Waals surface area contributed by atoms with Gasteiger partial charge in [0, 0.05) is 11.6 Å². The number of rotatable bonds is 3. The zero-order valence-corrected chi connectivity index (χ0v) is 12.8. The van der Waals surface area contributed by atoms with E-state index in [9.17, 15) is 20.2 Å². The maximum Gasteiger partial charge on any atom is 0.283 e. The minimum atomic E-state index is -0.500. The second-order valence-electron chi connectivity index (χ2n) is 6.38. The number of benzene rings is 1. The third-order valence-corrected chi connectivity index (χ3v) is 4.56. The van der Waals surface area contributed by atoms with Gasteiger partial charge in [-0.15, -0.1) is 0 Å². The lowest BCUT2D eigenvalue weighted by atomic mass is 9.67. The molecule has 0 unspecified atom stereocenters. The van der Waals surface area contributed by atoms with Crippen molar-refractivity contribution >= 4 is 11.4 Å². The molecule has 0 N–H and O–H groups in total. The Hall–Kier alpha value is -1.98. The SMILES string of the molecule is CCc1c([N+](=O)[O-])cc2c(c1[N+](=O)[O-])C(C)(C)CC[C@H]2C. The van der Waals surface area contributed by atoms with Crippen molar-refractivity contribution in [1.29, 1.82) is 0 Å². The van der Waals surface area contributed by atoms with Crippen molar-refractivity contribution in [2.45, 2.75) is 58.3 Å². The molecule has 114 valence electrons. The molecular formula is C15H20N2O4. The lowest BCUT2D eigenvalue weighted by Crippen LogP contribution is -2.27. The summed E-state index contributed by atoms with van der Waals surface area (Å²) in [7, 11) is 0. The minimum absolute atomic E-state index is 0.0433. The first-order chi connectivity index (χ1) is 9.70. The summed E-state index contributed by atoms with van der Waals surface area (Å²) in [4.78, 5) is 22.0. The summed E-state index contributed by atoms with van der Waals surface area (Å²) < 4.78 is 0. The largest absolute Gasteiger partial charge is 0.283 e. The second kappa shape index (κ2) is 5.09. The van der Waals surface area contributed by atoms with Crippen LogP contribution in [0.1, 0.15) is 63.1 Å². The Balaban J connectivity index is 2.93. The molecule has 0 saturated carbocycles. The standard InChI is InChI=1S/C15H20N2O4/c1-5-10-12(16(18)19)8-11-9(2)6-7-15(3,4)13(11)14(10)17(20)21/h8-9H,5-7H2,1-4H3/t9-/m1/s1. The minimum Gasteiger partial charge on any atom is -0.258 e. The molecule has 1 aromatic rings. The average Bonchev–Trinajstić information content (AvgIpc) is 2.40. The Kier molecular flexibility index (Phi) is 3.74. The van der Waals surface area contributed by atoms with E-state index in [1.807, 2.05) is 20.8 Å². The van der Waals surface area contributed by atoms with Crippen LogP contribution in [-0.4, -0.2) is 9.85 Å². The molecule has 0 heterocycles. The van der Waals surface area contributed by atoms with Crippen LogP contribution in [0, 0.1) is 20.2 Å². The summed E-state index contributed by atoms with van der Waals surface area (Å²) in [5.74, 6) is 0.108. The van der Waals surface area contributed by atoms with Crippen LogP contribution < -0.4 is 0 Å². The highest BCUT2D eigenvalue weighted by atomic mass is 16.6. The topological polar surface area (TPSA) is 86.3 Å². The van der Waals surface area contributed by atoms with Crippen LogP contribution in [-0.2, 0) is 11.8 Å². The summed E-state index contributed by atoms with van der Waals surface area (Å²) in [5.41, 5.74) is 1.20. The molecule has 0 saturated heterocycles. The van der Waals surface area contributed by atoms with Gasteiger partial charge in [-0.2, -0.15) is 0 Å². The normalized spacial score (nSPS) is 19.9. The van der Waals surface area contributed by atoms with Gasteiger partial charge >= 0.3 is 0 Å².